The molecule has 0 amide bonds. The molecule has 0 bridgehead atoms. The number of aliphatic hydroxyl groups is 1. The number of nitrogens with one attached hydrogen (secondary N) is 1. The van der Waals surface area contributed by atoms with Crippen LogP contribution in [0.4, 0.5) is 0 Å². The summed E-state index contributed by atoms with van der Waals surface area (Å²) in [6.07, 6.45) is -0.403. The highest BCUT2D eigenvalue weighted by molar-refractivity contribution is 7.89. The summed E-state index contributed by atoms with van der Waals surface area (Å²) < 4.78 is 26.5. The number of halogens is 1. The van der Waals surface area contributed by atoms with E-state index < -0.39 is 16.1 Å². The van der Waals surface area contributed by atoms with Crippen molar-refractivity contribution in [2.45, 2.75) is 17.4 Å². The fourth-order valence-electron chi connectivity index (χ4n) is 1.88. The number of hydrogen-bond acceptors (Lipinski definition) is 3. The van der Waals surface area contributed by atoms with Crippen molar-refractivity contribution in [1.29, 1.82) is 0 Å². The first-order valence-corrected chi connectivity index (χ1v) is 8.31. The van der Waals surface area contributed by atoms with Gasteiger partial charge in [0.05, 0.1) is 11.0 Å². The Morgan fingerprint density at radius 2 is 1.81 bits per heavy atom. The Balaban J connectivity index is 1.95. The van der Waals surface area contributed by atoms with Gasteiger partial charge < -0.3 is 5.11 Å². The minimum absolute atomic E-state index is 0.0518. The van der Waals surface area contributed by atoms with E-state index in [2.05, 4.69) is 4.72 Å². The predicted octanol–water partition coefficient (Wildman–Crippen LogP) is 2.22. The second-order valence-corrected chi connectivity index (χ2v) is 6.86. The van der Waals surface area contributed by atoms with Crippen molar-refractivity contribution in [1.82, 2.24) is 4.72 Å². The van der Waals surface area contributed by atoms with E-state index in [-0.39, 0.29) is 11.4 Å². The maximum atomic E-state index is 12.1. The van der Waals surface area contributed by atoms with Crippen LogP contribution in [0.1, 0.15) is 5.56 Å². The van der Waals surface area contributed by atoms with E-state index in [9.17, 15) is 13.5 Å². The number of benzene rings is 2. The van der Waals surface area contributed by atoms with E-state index in [0.717, 1.165) is 5.56 Å². The standard InChI is InChI=1S/C15H16ClNO3S/c16-13-7-4-8-15(10-13)21(19,20)17-11-14(18)9-12-5-2-1-3-6-12/h1-8,10,14,17-18H,9,11H2. The Kier molecular flexibility index (Phi) is 5.36. The Labute approximate surface area is 129 Å². The van der Waals surface area contributed by atoms with Gasteiger partial charge in [0.25, 0.3) is 0 Å². The highest BCUT2D eigenvalue weighted by atomic mass is 35.5. The van der Waals surface area contributed by atoms with Gasteiger partial charge in [-0.25, -0.2) is 13.1 Å². The van der Waals surface area contributed by atoms with Crippen molar-refractivity contribution in [3.05, 3.63) is 65.2 Å². The molecule has 2 rings (SSSR count). The summed E-state index contributed by atoms with van der Waals surface area (Å²) in [5.41, 5.74) is 0.951. The Morgan fingerprint density at radius 1 is 1.10 bits per heavy atom. The first-order valence-electron chi connectivity index (χ1n) is 6.44. The highest BCUT2D eigenvalue weighted by Crippen LogP contribution is 2.15. The largest absolute Gasteiger partial charge is 0.391 e. The lowest BCUT2D eigenvalue weighted by Crippen LogP contribution is -2.33. The predicted molar refractivity (Wildman–Crippen MR) is 82.8 cm³/mol. The molecule has 4 nitrogen and oxygen atoms in total. The van der Waals surface area contributed by atoms with Gasteiger partial charge in [-0.05, 0) is 30.2 Å². The van der Waals surface area contributed by atoms with Gasteiger partial charge >= 0.3 is 0 Å². The molecule has 0 saturated carbocycles. The summed E-state index contributed by atoms with van der Waals surface area (Å²) in [4.78, 5) is 0.0851. The van der Waals surface area contributed by atoms with Crippen LogP contribution in [0, 0.1) is 0 Å². The number of aliphatic hydroxyl groups excluding tert-OH is 1. The quantitative estimate of drug-likeness (QED) is 0.856. The zero-order chi connectivity index (χ0) is 15.3. The SMILES string of the molecule is O=S(=O)(NCC(O)Cc1ccccc1)c1cccc(Cl)c1. The minimum Gasteiger partial charge on any atom is -0.391 e. The van der Waals surface area contributed by atoms with Gasteiger partial charge in [-0.3, -0.25) is 0 Å². The summed E-state index contributed by atoms with van der Waals surface area (Å²) in [5.74, 6) is 0. The van der Waals surface area contributed by atoms with Gasteiger partial charge in [0.1, 0.15) is 0 Å². The number of hydrogen-bond donors (Lipinski definition) is 2. The van der Waals surface area contributed by atoms with E-state index in [0.29, 0.717) is 11.4 Å². The van der Waals surface area contributed by atoms with Crippen LogP contribution in [0.15, 0.2) is 59.5 Å². The lowest BCUT2D eigenvalue weighted by molar-refractivity contribution is 0.179. The number of sulfonamides is 1. The average molecular weight is 326 g/mol. The lowest BCUT2D eigenvalue weighted by Gasteiger charge is -2.12. The van der Waals surface area contributed by atoms with Crippen molar-refractivity contribution >= 4 is 21.6 Å². The second kappa shape index (κ2) is 7.04. The first kappa shape index (κ1) is 16.0. The molecule has 0 saturated heterocycles. The van der Waals surface area contributed by atoms with Crippen molar-refractivity contribution in [3.63, 3.8) is 0 Å². The number of rotatable bonds is 6. The van der Waals surface area contributed by atoms with Crippen LogP contribution in [0.25, 0.3) is 0 Å². The summed E-state index contributed by atoms with van der Waals surface area (Å²) in [6.45, 7) is -0.0518. The fourth-order valence-corrected chi connectivity index (χ4v) is 3.26. The van der Waals surface area contributed by atoms with Crippen LogP contribution in [0.5, 0.6) is 0 Å². The second-order valence-electron chi connectivity index (χ2n) is 4.65. The maximum Gasteiger partial charge on any atom is 0.240 e. The molecule has 6 heteroatoms. The van der Waals surface area contributed by atoms with Gasteiger partial charge in [-0.1, -0.05) is 48.0 Å². The molecule has 0 fully saturated rings. The first-order chi connectivity index (χ1) is 9.97. The summed E-state index contributed by atoms with van der Waals surface area (Å²) >= 11 is 5.78. The molecule has 1 unspecified atom stereocenters. The Morgan fingerprint density at radius 3 is 2.48 bits per heavy atom. The molecule has 1 atom stereocenters. The summed E-state index contributed by atoms with van der Waals surface area (Å²) in [6, 6.07) is 15.4. The van der Waals surface area contributed by atoms with E-state index in [1.54, 1.807) is 12.1 Å². The average Bonchev–Trinajstić information content (AvgIpc) is 2.46. The normalized spacial score (nSPS) is 13.0. The Bertz CT molecular complexity index is 689. The molecule has 112 valence electrons. The van der Waals surface area contributed by atoms with Gasteiger partial charge in [0.15, 0.2) is 0 Å². The molecule has 2 aromatic carbocycles. The van der Waals surface area contributed by atoms with E-state index in [1.807, 2.05) is 30.3 Å². The van der Waals surface area contributed by atoms with Gasteiger partial charge in [0, 0.05) is 11.6 Å². The zero-order valence-corrected chi connectivity index (χ0v) is 12.8. The van der Waals surface area contributed by atoms with Crippen LogP contribution in [0.2, 0.25) is 5.02 Å². The molecular weight excluding hydrogens is 310 g/mol. The van der Waals surface area contributed by atoms with Crippen molar-refractivity contribution in [2.24, 2.45) is 0 Å². The fraction of sp³-hybridized carbons (Fsp3) is 0.200. The van der Waals surface area contributed by atoms with E-state index in [1.165, 1.54) is 12.1 Å². The topological polar surface area (TPSA) is 66.4 Å². The highest BCUT2D eigenvalue weighted by Gasteiger charge is 2.16. The molecule has 21 heavy (non-hydrogen) atoms. The monoisotopic (exact) mass is 325 g/mol. The third-order valence-electron chi connectivity index (χ3n) is 2.93. The van der Waals surface area contributed by atoms with Crippen LogP contribution >= 0.6 is 11.6 Å². The van der Waals surface area contributed by atoms with Crippen molar-refractivity contribution < 1.29 is 13.5 Å². The van der Waals surface area contributed by atoms with Gasteiger partial charge in [-0.15, -0.1) is 0 Å². The molecule has 0 heterocycles. The van der Waals surface area contributed by atoms with E-state index in [4.69, 9.17) is 11.6 Å². The summed E-state index contributed by atoms with van der Waals surface area (Å²) in [5, 5.41) is 10.3. The smallest absolute Gasteiger partial charge is 0.240 e. The maximum absolute atomic E-state index is 12.1. The van der Waals surface area contributed by atoms with Gasteiger partial charge in [-0.2, -0.15) is 0 Å². The molecule has 2 N–H and O–H groups in total. The molecule has 0 aromatic heterocycles. The summed E-state index contributed by atoms with van der Waals surface area (Å²) in [7, 11) is -3.66. The van der Waals surface area contributed by atoms with E-state index >= 15 is 0 Å². The molecular formula is C15H16ClNO3S. The molecule has 0 radical (unpaired) electrons. The molecule has 0 aliphatic rings. The van der Waals surface area contributed by atoms with Gasteiger partial charge in [0.2, 0.25) is 10.0 Å². The molecule has 0 spiro atoms. The van der Waals surface area contributed by atoms with Crippen molar-refractivity contribution in [2.75, 3.05) is 6.54 Å². The zero-order valence-electron chi connectivity index (χ0n) is 11.2. The third kappa shape index (κ3) is 4.82. The molecule has 0 aliphatic heterocycles. The molecule has 2 aromatic rings. The third-order valence-corrected chi connectivity index (χ3v) is 4.59. The van der Waals surface area contributed by atoms with Crippen molar-refractivity contribution in [3.8, 4) is 0 Å². The van der Waals surface area contributed by atoms with Crippen LogP contribution in [0.3, 0.4) is 0 Å². The van der Waals surface area contributed by atoms with Crippen LogP contribution < -0.4 is 4.72 Å². The van der Waals surface area contributed by atoms with Crippen LogP contribution in [-0.4, -0.2) is 26.2 Å². The lowest BCUT2D eigenvalue weighted by atomic mass is 10.1. The van der Waals surface area contributed by atoms with Crippen LogP contribution in [-0.2, 0) is 16.4 Å². The minimum atomic E-state index is -3.66. The molecule has 0 aliphatic carbocycles. The Hall–Kier alpha value is -1.40.